The molecule has 3 rings (SSSR count). The number of amides is 2. The lowest BCUT2D eigenvalue weighted by molar-refractivity contribution is -0.115. The number of thioether (sulfide) groups is 1. The molecule has 2 amide bonds. The van der Waals surface area contributed by atoms with Gasteiger partial charge in [-0.1, -0.05) is 50.1 Å². The van der Waals surface area contributed by atoms with Gasteiger partial charge in [-0.2, -0.15) is 0 Å². The number of benzene rings is 2. The number of ether oxygens (including phenoxy) is 1. The molecule has 0 atom stereocenters. The van der Waals surface area contributed by atoms with Gasteiger partial charge in [0.2, 0.25) is 0 Å². The van der Waals surface area contributed by atoms with Crippen LogP contribution in [0.1, 0.15) is 11.1 Å². The largest absolute Gasteiger partial charge is 0.489 e. The van der Waals surface area contributed by atoms with E-state index in [0.717, 1.165) is 37.6 Å². The van der Waals surface area contributed by atoms with Crippen molar-refractivity contribution < 1.29 is 14.3 Å². The predicted molar refractivity (Wildman–Crippen MR) is 102 cm³/mol. The maximum absolute atomic E-state index is 11.5. The fraction of sp³-hybridized carbons (Fsp3) is 0.0588. The minimum Gasteiger partial charge on any atom is -0.489 e. The summed E-state index contributed by atoms with van der Waals surface area (Å²) in [5.74, 6) is 0.372. The highest BCUT2D eigenvalue weighted by atomic mass is 79.9. The van der Waals surface area contributed by atoms with Crippen molar-refractivity contribution >= 4 is 60.8 Å². The number of halogens is 2. The summed E-state index contributed by atoms with van der Waals surface area (Å²) in [4.78, 5) is 23.1. The molecule has 0 unspecified atom stereocenters. The van der Waals surface area contributed by atoms with Crippen LogP contribution in [0.25, 0.3) is 6.08 Å². The van der Waals surface area contributed by atoms with Crippen LogP contribution < -0.4 is 10.1 Å². The first kappa shape index (κ1) is 17.3. The average Bonchev–Trinajstić information content (AvgIpc) is 2.85. The third kappa shape index (κ3) is 4.28. The lowest BCUT2D eigenvalue weighted by Crippen LogP contribution is -2.17. The monoisotopic (exact) mass is 467 g/mol. The highest BCUT2D eigenvalue weighted by Crippen LogP contribution is 2.27. The van der Waals surface area contributed by atoms with E-state index in [1.165, 1.54) is 0 Å². The predicted octanol–water partition coefficient (Wildman–Crippen LogP) is 5.11. The normalized spacial score (nSPS) is 15.7. The highest BCUT2D eigenvalue weighted by molar-refractivity contribution is 9.11. The zero-order valence-corrected chi connectivity index (χ0v) is 16.2. The van der Waals surface area contributed by atoms with Crippen molar-refractivity contribution in [3.63, 3.8) is 0 Å². The summed E-state index contributed by atoms with van der Waals surface area (Å²) in [7, 11) is 0. The molecule has 1 saturated heterocycles. The van der Waals surface area contributed by atoms with E-state index in [-0.39, 0.29) is 11.1 Å². The van der Waals surface area contributed by atoms with E-state index >= 15 is 0 Å². The summed E-state index contributed by atoms with van der Waals surface area (Å²) in [5.41, 5.74) is 1.88. The molecule has 0 saturated carbocycles. The van der Waals surface area contributed by atoms with Crippen molar-refractivity contribution in [2.45, 2.75) is 6.61 Å². The number of hydrogen-bond donors (Lipinski definition) is 1. The Morgan fingerprint density at radius 1 is 1.08 bits per heavy atom. The first-order valence-electron chi connectivity index (χ1n) is 6.93. The lowest BCUT2D eigenvalue weighted by atomic mass is 10.2. The summed E-state index contributed by atoms with van der Waals surface area (Å²) in [6.07, 6.45) is 1.68. The van der Waals surface area contributed by atoms with Crippen molar-refractivity contribution in [1.82, 2.24) is 5.32 Å². The maximum Gasteiger partial charge on any atom is 0.290 e. The number of hydrogen-bond acceptors (Lipinski definition) is 4. The van der Waals surface area contributed by atoms with Crippen LogP contribution >= 0.6 is 43.6 Å². The lowest BCUT2D eigenvalue weighted by Gasteiger charge is -2.08. The van der Waals surface area contributed by atoms with Crippen molar-refractivity contribution in [2.75, 3.05) is 0 Å². The van der Waals surface area contributed by atoms with Gasteiger partial charge < -0.3 is 4.74 Å². The molecule has 0 radical (unpaired) electrons. The van der Waals surface area contributed by atoms with Gasteiger partial charge in [-0.15, -0.1) is 0 Å². The van der Waals surface area contributed by atoms with Crippen LogP contribution in [0.2, 0.25) is 0 Å². The molecule has 1 fully saturated rings. The summed E-state index contributed by atoms with van der Waals surface area (Å²) < 4.78 is 7.75. The van der Waals surface area contributed by atoms with Gasteiger partial charge in [0.05, 0.1) is 4.91 Å². The topological polar surface area (TPSA) is 55.4 Å². The minimum atomic E-state index is -0.356. The summed E-state index contributed by atoms with van der Waals surface area (Å²) in [6.45, 7) is 0.445. The molecule has 24 heavy (non-hydrogen) atoms. The first-order chi connectivity index (χ1) is 11.5. The SMILES string of the molecule is O=C1NC(=O)/C(=C\c2ccc(OCc3ccc(Br)cc3Br)cc2)S1. The molecule has 1 N–H and O–H groups in total. The Hall–Kier alpha value is -1.57. The van der Waals surface area contributed by atoms with Gasteiger partial charge >= 0.3 is 0 Å². The van der Waals surface area contributed by atoms with Crippen molar-refractivity contribution in [2.24, 2.45) is 0 Å². The Morgan fingerprint density at radius 2 is 1.83 bits per heavy atom. The molecular formula is C17H11Br2NO3S. The second-order valence-corrected chi connectivity index (χ2v) is 7.73. The molecule has 0 bridgehead atoms. The zero-order chi connectivity index (χ0) is 17.1. The highest BCUT2D eigenvalue weighted by Gasteiger charge is 2.24. The summed E-state index contributed by atoms with van der Waals surface area (Å²) >= 11 is 7.83. The van der Waals surface area contributed by atoms with Crippen LogP contribution in [0.15, 0.2) is 56.3 Å². The smallest absolute Gasteiger partial charge is 0.290 e. The van der Waals surface area contributed by atoms with Gasteiger partial charge in [0, 0.05) is 14.5 Å². The average molecular weight is 469 g/mol. The fourth-order valence-electron chi connectivity index (χ4n) is 2.03. The Morgan fingerprint density at radius 3 is 2.46 bits per heavy atom. The number of rotatable bonds is 4. The van der Waals surface area contributed by atoms with Crippen LogP contribution in [0.4, 0.5) is 4.79 Å². The maximum atomic E-state index is 11.5. The molecule has 2 aromatic rings. The zero-order valence-electron chi connectivity index (χ0n) is 12.2. The Labute approximate surface area is 159 Å². The van der Waals surface area contributed by atoms with E-state index in [0.29, 0.717) is 11.5 Å². The van der Waals surface area contributed by atoms with E-state index in [2.05, 4.69) is 37.2 Å². The molecule has 2 aromatic carbocycles. The standard InChI is InChI=1S/C17H11Br2NO3S/c18-12-4-3-11(14(19)8-12)9-23-13-5-1-10(2-6-13)7-15-16(21)20-17(22)24-15/h1-8H,9H2,(H,20,21,22)/b15-7+. The molecule has 0 aliphatic carbocycles. The third-order valence-corrected chi connectivity index (χ3v) is 5.27. The van der Waals surface area contributed by atoms with Gasteiger partial charge in [0.1, 0.15) is 12.4 Å². The van der Waals surface area contributed by atoms with Crippen molar-refractivity contribution in [3.05, 3.63) is 67.4 Å². The Kier molecular flexibility index (Phi) is 5.43. The number of imide groups is 1. The minimum absolute atomic E-state index is 0.341. The number of carbonyl (C=O) groups excluding carboxylic acids is 2. The summed E-state index contributed by atoms with van der Waals surface area (Å²) in [5, 5.41) is 1.89. The summed E-state index contributed by atoms with van der Waals surface area (Å²) in [6, 6.07) is 13.3. The number of nitrogens with one attached hydrogen (secondary N) is 1. The van der Waals surface area contributed by atoms with Gasteiger partial charge in [0.25, 0.3) is 11.1 Å². The van der Waals surface area contributed by atoms with E-state index in [9.17, 15) is 9.59 Å². The third-order valence-electron chi connectivity index (χ3n) is 3.23. The molecule has 0 aromatic heterocycles. The van der Waals surface area contributed by atoms with Crippen LogP contribution in [0.5, 0.6) is 5.75 Å². The van der Waals surface area contributed by atoms with Crippen molar-refractivity contribution in [3.8, 4) is 5.75 Å². The van der Waals surface area contributed by atoms with Crippen LogP contribution in [-0.4, -0.2) is 11.1 Å². The van der Waals surface area contributed by atoms with Gasteiger partial charge in [-0.05, 0) is 47.7 Å². The quantitative estimate of drug-likeness (QED) is 0.633. The van der Waals surface area contributed by atoms with Gasteiger partial charge in [0.15, 0.2) is 0 Å². The van der Waals surface area contributed by atoms with E-state index in [1.54, 1.807) is 6.08 Å². The number of carbonyl (C=O) groups is 2. The molecule has 1 aliphatic heterocycles. The van der Waals surface area contributed by atoms with Crippen LogP contribution in [-0.2, 0) is 11.4 Å². The second-order valence-electron chi connectivity index (χ2n) is 4.95. The Balaban J connectivity index is 1.65. The molecule has 4 nitrogen and oxygen atoms in total. The van der Waals surface area contributed by atoms with Crippen LogP contribution in [0, 0.1) is 0 Å². The Bertz CT molecular complexity index is 834. The van der Waals surface area contributed by atoms with Gasteiger partial charge in [-0.3, -0.25) is 14.9 Å². The van der Waals surface area contributed by atoms with E-state index in [4.69, 9.17) is 4.74 Å². The van der Waals surface area contributed by atoms with Crippen molar-refractivity contribution in [1.29, 1.82) is 0 Å². The molecule has 1 heterocycles. The van der Waals surface area contributed by atoms with Gasteiger partial charge in [-0.25, -0.2) is 0 Å². The fourth-order valence-corrected chi connectivity index (χ4v) is 3.88. The molecular weight excluding hydrogens is 458 g/mol. The van der Waals surface area contributed by atoms with Crippen LogP contribution in [0.3, 0.4) is 0 Å². The molecule has 1 aliphatic rings. The second kappa shape index (κ2) is 7.55. The molecule has 0 spiro atoms. The van der Waals surface area contributed by atoms with E-state index < -0.39 is 0 Å². The molecule has 122 valence electrons. The van der Waals surface area contributed by atoms with E-state index in [1.807, 2.05) is 42.5 Å². The molecule has 7 heteroatoms. The first-order valence-corrected chi connectivity index (χ1v) is 9.33.